The molecule has 20 heavy (non-hydrogen) atoms. The molecule has 0 aliphatic heterocycles. The topological polar surface area (TPSA) is 21.3 Å². The quantitative estimate of drug-likeness (QED) is 0.879. The maximum absolute atomic E-state index is 14.0. The van der Waals surface area contributed by atoms with Gasteiger partial charge in [-0.05, 0) is 31.5 Å². The van der Waals surface area contributed by atoms with Crippen LogP contribution in [-0.2, 0) is 0 Å². The van der Waals surface area contributed by atoms with Crippen LogP contribution in [0.15, 0.2) is 48.5 Å². The number of nitrogens with one attached hydrogen (secondary N) is 1. The number of methoxy groups -OCH3 is 1. The third kappa shape index (κ3) is 3.17. The predicted molar refractivity (Wildman–Crippen MR) is 79.4 cm³/mol. The largest absolute Gasteiger partial charge is 0.496 e. The van der Waals surface area contributed by atoms with Crippen molar-refractivity contribution < 1.29 is 9.13 Å². The lowest BCUT2D eigenvalue weighted by Gasteiger charge is -2.22. The Hall–Kier alpha value is -1.87. The van der Waals surface area contributed by atoms with Gasteiger partial charge >= 0.3 is 0 Å². The van der Waals surface area contributed by atoms with Crippen LogP contribution < -0.4 is 10.1 Å². The summed E-state index contributed by atoms with van der Waals surface area (Å²) in [7, 11) is 1.56. The van der Waals surface area contributed by atoms with Crippen LogP contribution in [0.3, 0.4) is 0 Å². The number of hydrogen-bond acceptors (Lipinski definition) is 2. The van der Waals surface area contributed by atoms with Gasteiger partial charge in [0.1, 0.15) is 11.6 Å². The van der Waals surface area contributed by atoms with E-state index in [-0.39, 0.29) is 17.9 Å². The third-order valence-electron chi connectivity index (χ3n) is 3.47. The standard InChI is InChI=1S/C17H20FNO/c1-12(14-8-5-4-6-9-14)19-13(2)17-15(18)10-7-11-16(17)20-3/h4-13,19H,1-3H3/t12-,13?/m0/s1. The molecule has 2 rings (SSSR count). The number of rotatable bonds is 5. The molecule has 0 fully saturated rings. The molecule has 0 saturated carbocycles. The highest BCUT2D eigenvalue weighted by atomic mass is 19.1. The summed E-state index contributed by atoms with van der Waals surface area (Å²) in [6, 6.07) is 15.0. The summed E-state index contributed by atoms with van der Waals surface area (Å²) in [5, 5.41) is 3.41. The van der Waals surface area contributed by atoms with E-state index in [1.807, 2.05) is 25.1 Å². The Bertz CT molecular complexity index is 556. The molecule has 0 aliphatic rings. The summed E-state index contributed by atoms with van der Waals surface area (Å²) in [6.07, 6.45) is 0. The van der Waals surface area contributed by atoms with Crippen molar-refractivity contribution in [3.63, 3.8) is 0 Å². The van der Waals surface area contributed by atoms with Gasteiger partial charge in [-0.25, -0.2) is 4.39 Å². The molecule has 2 atom stereocenters. The molecule has 0 aliphatic carbocycles. The van der Waals surface area contributed by atoms with Crippen LogP contribution in [-0.4, -0.2) is 7.11 Å². The van der Waals surface area contributed by atoms with Crippen LogP contribution in [0.1, 0.15) is 37.1 Å². The highest BCUT2D eigenvalue weighted by molar-refractivity contribution is 5.37. The number of halogens is 1. The van der Waals surface area contributed by atoms with Crippen LogP contribution in [0.4, 0.5) is 4.39 Å². The van der Waals surface area contributed by atoms with Gasteiger partial charge in [0, 0.05) is 17.6 Å². The summed E-state index contributed by atoms with van der Waals surface area (Å²) in [5.41, 5.74) is 1.74. The van der Waals surface area contributed by atoms with Crippen LogP contribution in [0.5, 0.6) is 5.75 Å². The molecular weight excluding hydrogens is 253 g/mol. The lowest BCUT2D eigenvalue weighted by Crippen LogP contribution is -2.23. The molecule has 2 aromatic carbocycles. The minimum Gasteiger partial charge on any atom is -0.496 e. The molecule has 0 heterocycles. The van der Waals surface area contributed by atoms with Crippen LogP contribution in [0, 0.1) is 5.82 Å². The monoisotopic (exact) mass is 273 g/mol. The fraction of sp³-hybridized carbons (Fsp3) is 0.294. The molecule has 2 aromatic rings. The van der Waals surface area contributed by atoms with E-state index in [4.69, 9.17) is 4.74 Å². The lowest BCUT2D eigenvalue weighted by atomic mass is 10.0. The van der Waals surface area contributed by atoms with Crippen molar-refractivity contribution in [2.75, 3.05) is 7.11 Å². The number of hydrogen-bond donors (Lipinski definition) is 1. The summed E-state index contributed by atoms with van der Waals surface area (Å²) in [4.78, 5) is 0. The van der Waals surface area contributed by atoms with Gasteiger partial charge in [0.15, 0.2) is 0 Å². The van der Waals surface area contributed by atoms with Crippen molar-refractivity contribution in [2.24, 2.45) is 0 Å². The van der Waals surface area contributed by atoms with Gasteiger partial charge in [-0.1, -0.05) is 36.4 Å². The fourth-order valence-corrected chi connectivity index (χ4v) is 2.41. The van der Waals surface area contributed by atoms with E-state index in [2.05, 4.69) is 24.4 Å². The van der Waals surface area contributed by atoms with Gasteiger partial charge in [0.2, 0.25) is 0 Å². The summed E-state index contributed by atoms with van der Waals surface area (Å²) in [5.74, 6) is 0.329. The molecular formula is C17H20FNO. The molecule has 106 valence electrons. The Balaban J connectivity index is 2.18. The van der Waals surface area contributed by atoms with Crippen molar-refractivity contribution in [3.05, 3.63) is 65.5 Å². The van der Waals surface area contributed by atoms with Gasteiger partial charge in [-0.3, -0.25) is 0 Å². The Labute approximate surface area is 119 Å². The maximum Gasteiger partial charge on any atom is 0.131 e. The minimum absolute atomic E-state index is 0.135. The predicted octanol–water partition coefficient (Wildman–Crippen LogP) is 4.25. The van der Waals surface area contributed by atoms with Crippen molar-refractivity contribution >= 4 is 0 Å². The average Bonchev–Trinajstić information content (AvgIpc) is 2.47. The van der Waals surface area contributed by atoms with E-state index < -0.39 is 0 Å². The Morgan fingerprint density at radius 3 is 2.30 bits per heavy atom. The first-order valence-corrected chi connectivity index (χ1v) is 6.77. The van der Waals surface area contributed by atoms with E-state index in [0.29, 0.717) is 11.3 Å². The van der Waals surface area contributed by atoms with Crippen LogP contribution in [0.2, 0.25) is 0 Å². The Morgan fingerprint density at radius 1 is 0.950 bits per heavy atom. The number of ether oxygens (including phenoxy) is 1. The van der Waals surface area contributed by atoms with E-state index in [1.54, 1.807) is 19.2 Å². The van der Waals surface area contributed by atoms with Crippen molar-refractivity contribution in [1.82, 2.24) is 5.32 Å². The van der Waals surface area contributed by atoms with Gasteiger partial charge in [-0.15, -0.1) is 0 Å². The minimum atomic E-state index is -0.246. The normalized spacial score (nSPS) is 13.8. The Morgan fingerprint density at radius 2 is 1.65 bits per heavy atom. The van der Waals surface area contributed by atoms with Crippen molar-refractivity contribution in [2.45, 2.75) is 25.9 Å². The first-order chi connectivity index (χ1) is 9.63. The molecule has 3 heteroatoms. The molecule has 0 saturated heterocycles. The molecule has 0 radical (unpaired) electrons. The summed E-state index contributed by atoms with van der Waals surface area (Å²) < 4.78 is 19.3. The second kappa shape index (κ2) is 6.53. The highest BCUT2D eigenvalue weighted by Gasteiger charge is 2.18. The summed E-state index contributed by atoms with van der Waals surface area (Å²) in [6.45, 7) is 4.01. The molecule has 0 spiro atoms. The highest BCUT2D eigenvalue weighted by Crippen LogP contribution is 2.29. The molecule has 1 unspecified atom stereocenters. The molecule has 1 N–H and O–H groups in total. The van der Waals surface area contributed by atoms with Gasteiger partial charge in [0.05, 0.1) is 7.11 Å². The maximum atomic E-state index is 14.0. The first-order valence-electron chi connectivity index (χ1n) is 6.77. The SMILES string of the molecule is COc1cccc(F)c1C(C)N[C@@H](C)c1ccccc1. The van der Waals surface area contributed by atoms with E-state index >= 15 is 0 Å². The molecule has 0 amide bonds. The summed E-state index contributed by atoms with van der Waals surface area (Å²) >= 11 is 0. The van der Waals surface area contributed by atoms with Crippen LogP contribution >= 0.6 is 0 Å². The van der Waals surface area contributed by atoms with Gasteiger partial charge in [0.25, 0.3) is 0 Å². The third-order valence-corrected chi connectivity index (χ3v) is 3.47. The zero-order chi connectivity index (χ0) is 14.5. The average molecular weight is 273 g/mol. The van der Waals surface area contributed by atoms with E-state index in [1.165, 1.54) is 11.6 Å². The van der Waals surface area contributed by atoms with Crippen LogP contribution in [0.25, 0.3) is 0 Å². The second-order valence-corrected chi connectivity index (χ2v) is 4.88. The first kappa shape index (κ1) is 14.5. The zero-order valence-electron chi connectivity index (χ0n) is 12.1. The smallest absolute Gasteiger partial charge is 0.131 e. The zero-order valence-corrected chi connectivity index (χ0v) is 12.1. The fourth-order valence-electron chi connectivity index (χ4n) is 2.41. The molecule has 0 aromatic heterocycles. The molecule has 2 nitrogen and oxygen atoms in total. The lowest BCUT2D eigenvalue weighted by molar-refractivity contribution is 0.387. The molecule has 0 bridgehead atoms. The van der Waals surface area contributed by atoms with Gasteiger partial charge < -0.3 is 10.1 Å². The second-order valence-electron chi connectivity index (χ2n) is 4.88. The van der Waals surface area contributed by atoms with Crippen molar-refractivity contribution in [3.8, 4) is 5.75 Å². The Kier molecular flexibility index (Phi) is 4.74. The number of benzene rings is 2. The van der Waals surface area contributed by atoms with E-state index in [0.717, 1.165) is 0 Å². The van der Waals surface area contributed by atoms with Gasteiger partial charge in [-0.2, -0.15) is 0 Å². The van der Waals surface area contributed by atoms with Crippen molar-refractivity contribution in [1.29, 1.82) is 0 Å². The van der Waals surface area contributed by atoms with E-state index in [9.17, 15) is 4.39 Å².